The van der Waals surface area contributed by atoms with Crippen LogP contribution in [0.5, 0.6) is 0 Å². The van der Waals surface area contributed by atoms with Gasteiger partial charge in [-0.2, -0.15) is 0 Å². The number of hydrogen-bond acceptors (Lipinski definition) is 3. The molecule has 3 rings (SSSR count). The van der Waals surface area contributed by atoms with Crippen molar-refractivity contribution in [3.05, 3.63) is 46.9 Å². The maximum Gasteiger partial charge on any atom is 0.274 e. The highest BCUT2D eigenvalue weighted by molar-refractivity contribution is 5.90. The van der Waals surface area contributed by atoms with E-state index >= 15 is 0 Å². The van der Waals surface area contributed by atoms with Crippen LogP contribution in [0, 0.1) is 0 Å². The maximum atomic E-state index is 11.7. The van der Waals surface area contributed by atoms with Gasteiger partial charge >= 0.3 is 0 Å². The Balaban J connectivity index is 2.45. The molecule has 80 valence electrons. The molecular formula is C11H9N3O2. The zero-order chi connectivity index (χ0) is 11.1. The van der Waals surface area contributed by atoms with E-state index in [9.17, 15) is 4.79 Å². The summed E-state index contributed by atoms with van der Waals surface area (Å²) < 4.78 is 6.81. The Hall–Kier alpha value is -2.43. The van der Waals surface area contributed by atoms with Crippen molar-refractivity contribution in [1.29, 1.82) is 0 Å². The van der Waals surface area contributed by atoms with Gasteiger partial charge in [-0.15, -0.1) is 0 Å². The minimum Gasteiger partial charge on any atom is -0.447 e. The molecule has 0 amide bonds. The number of benzene rings is 1. The first-order valence-electron chi connectivity index (χ1n) is 4.80. The van der Waals surface area contributed by atoms with Gasteiger partial charge in [0.05, 0.1) is 17.2 Å². The molecule has 2 heterocycles. The summed E-state index contributed by atoms with van der Waals surface area (Å²) in [5.41, 5.74) is 6.71. The van der Waals surface area contributed by atoms with Crippen LogP contribution in [0.25, 0.3) is 16.8 Å². The molecule has 0 aliphatic rings. The standard InChI is InChI=1S/C11H9N3O2/c12-7-3-1-4-8-10(7)11(15)13-14(8)9-5-2-6-16-9/h1-6H,12H2,(H,13,15). The molecule has 0 saturated carbocycles. The molecule has 3 aromatic rings. The van der Waals surface area contributed by atoms with Crippen molar-refractivity contribution < 1.29 is 4.42 Å². The summed E-state index contributed by atoms with van der Waals surface area (Å²) in [7, 11) is 0. The monoisotopic (exact) mass is 215 g/mol. The van der Waals surface area contributed by atoms with Gasteiger partial charge < -0.3 is 10.2 Å². The van der Waals surface area contributed by atoms with Crippen molar-refractivity contribution in [3.63, 3.8) is 0 Å². The van der Waals surface area contributed by atoms with E-state index in [0.29, 0.717) is 22.5 Å². The fourth-order valence-corrected chi connectivity index (χ4v) is 1.78. The van der Waals surface area contributed by atoms with E-state index in [0.717, 1.165) is 0 Å². The Bertz CT molecular complexity index is 692. The first kappa shape index (κ1) is 8.84. The molecule has 5 heteroatoms. The number of nitrogens with two attached hydrogens (primary N) is 1. The van der Waals surface area contributed by atoms with Crippen LogP contribution in [-0.2, 0) is 0 Å². The number of nitrogens with zero attached hydrogens (tertiary/aromatic N) is 1. The number of aromatic amines is 1. The molecule has 0 saturated heterocycles. The topological polar surface area (TPSA) is 77.0 Å². The van der Waals surface area contributed by atoms with Gasteiger partial charge in [0.1, 0.15) is 0 Å². The first-order valence-corrected chi connectivity index (χ1v) is 4.80. The predicted molar refractivity (Wildman–Crippen MR) is 60.6 cm³/mol. The number of nitrogens with one attached hydrogen (secondary N) is 1. The van der Waals surface area contributed by atoms with Gasteiger partial charge in [-0.1, -0.05) is 6.07 Å². The Morgan fingerprint density at radius 1 is 1.25 bits per heavy atom. The highest BCUT2D eigenvalue weighted by Gasteiger charge is 2.11. The zero-order valence-corrected chi connectivity index (χ0v) is 8.31. The van der Waals surface area contributed by atoms with Gasteiger partial charge in [-0.05, 0) is 18.2 Å². The molecule has 5 nitrogen and oxygen atoms in total. The second-order valence-corrected chi connectivity index (χ2v) is 3.47. The van der Waals surface area contributed by atoms with Crippen LogP contribution in [0.2, 0.25) is 0 Å². The lowest BCUT2D eigenvalue weighted by molar-refractivity contribution is 0.526. The lowest BCUT2D eigenvalue weighted by Crippen LogP contribution is -2.03. The number of H-pyrrole nitrogens is 1. The molecule has 2 aromatic heterocycles. The van der Waals surface area contributed by atoms with Crippen LogP contribution >= 0.6 is 0 Å². The summed E-state index contributed by atoms with van der Waals surface area (Å²) in [6, 6.07) is 8.82. The third kappa shape index (κ3) is 1.08. The summed E-state index contributed by atoms with van der Waals surface area (Å²) in [5, 5.41) is 3.17. The van der Waals surface area contributed by atoms with Gasteiger partial charge in [0, 0.05) is 11.8 Å². The van der Waals surface area contributed by atoms with Crippen LogP contribution in [0.1, 0.15) is 0 Å². The van der Waals surface area contributed by atoms with Crippen molar-refractivity contribution in [1.82, 2.24) is 9.78 Å². The normalized spacial score (nSPS) is 11.0. The summed E-state index contributed by atoms with van der Waals surface area (Å²) >= 11 is 0. The van der Waals surface area contributed by atoms with Gasteiger partial charge in [-0.25, -0.2) is 4.68 Å². The third-order valence-electron chi connectivity index (χ3n) is 2.48. The summed E-state index contributed by atoms with van der Waals surface area (Å²) in [5.74, 6) is 0.553. The van der Waals surface area contributed by atoms with Crippen molar-refractivity contribution >= 4 is 16.6 Å². The predicted octanol–water partition coefficient (Wildman–Crippen LogP) is 1.49. The van der Waals surface area contributed by atoms with Gasteiger partial charge in [0.15, 0.2) is 0 Å². The number of anilines is 1. The average Bonchev–Trinajstić information content (AvgIpc) is 2.86. The SMILES string of the molecule is Nc1cccc2c1c(=O)[nH]n2-c1ccco1. The van der Waals surface area contributed by atoms with E-state index in [4.69, 9.17) is 10.2 Å². The third-order valence-corrected chi connectivity index (χ3v) is 2.48. The summed E-state index contributed by atoms with van der Waals surface area (Å²) in [6.07, 6.45) is 1.55. The molecule has 1 aromatic carbocycles. The Morgan fingerprint density at radius 2 is 2.12 bits per heavy atom. The quantitative estimate of drug-likeness (QED) is 0.604. The van der Waals surface area contributed by atoms with E-state index in [1.54, 1.807) is 35.2 Å². The fourth-order valence-electron chi connectivity index (χ4n) is 1.78. The molecule has 0 atom stereocenters. The smallest absolute Gasteiger partial charge is 0.274 e. The molecule has 0 fully saturated rings. The van der Waals surface area contributed by atoms with E-state index in [-0.39, 0.29) is 5.56 Å². The van der Waals surface area contributed by atoms with Crippen molar-refractivity contribution in [2.24, 2.45) is 0 Å². The highest BCUT2D eigenvalue weighted by Crippen LogP contribution is 2.19. The Labute approximate surface area is 90.1 Å². The number of hydrogen-bond donors (Lipinski definition) is 2. The molecule has 0 spiro atoms. The van der Waals surface area contributed by atoms with Gasteiger partial charge in [-0.3, -0.25) is 9.89 Å². The van der Waals surface area contributed by atoms with Crippen LogP contribution < -0.4 is 11.3 Å². The van der Waals surface area contributed by atoms with Gasteiger partial charge in [0.2, 0.25) is 5.88 Å². The molecule has 0 unspecified atom stereocenters. The number of furan rings is 1. The molecule has 0 bridgehead atoms. The summed E-state index contributed by atoms with van der Waals surface area (Å²) in [6.45, 7) is 0. The van der Waals surface area contributed by atoms with Crippen molar-refractivity contribution in [2.45, 2.75) is 0 Å². The van der Waals surface area contributed by atoms with E-state index in [2.05, 4.69) is 5.10 Å². The van der Waals surface area contributed by atoms with E-state index < -0.39 is 0 Å². The van der Waals surface area contributed by atoms with Crippen molar-refractivity contribution in [3.8, 4) is 5.88 Å². The largest absolute Gasteiger partial charge is 0.447 e. The molecule has 3 N–H and O–H groups in total. The van der Waals surface area contributed by atoms with E-state index in [1.807, 2.05) is 6.07 Å². The molecule has 0 aliphatic heterocycles. The van der Waals surface area contributed by atoms with Crippen LogP contribution in [0.3, 0.4) is 0 Å². The Kier molecular flexibility index (Phi) is 1.67. The average molecular weight is 215 g/mol. The lowest BCUT2D eigenvalue weighted by atomic mass is 10.2. The van der Waals surface area contributed by atoms with Crippen LogP contribution in [0.4, 0.5) is 5.69 Å². The minimum atomic E-state index is -0.218. The Morgan fingerprint density at radius 3 is 2.88 bits per heavy atom. The number of aromatic nitrogens is 2. The zero-order valence-electron chi connectivity index (χ0n) is 8.31. The molecule has 16 heavy (non-hydrogen) atoms. The molecular weight excluding hydrogens is 206 g/mol. The molecule has 0 aliphatic carbocycles. The maximum absolute atomic E-state index is 11.7. The number of rotatable bonds is 1. The van der Waals surface area contributed by atoms with Crippen molar-refractivity contribution in [2.75, 3.05) is 5.73 Å². The van der Waals surface area contributed by atoms with E-state index in [1.165, 1.54) is 0 Å². The first-order chi connectivity index (χ1) is 7.77. The molecule has 0 radical (unpaired) electrons. The van der Waals surface area contributed by atoms with Gasteiger partial charge in [0.25, 0.3) is 5.56 Å². The summed E-state index contributed by atoms with van der Waals surface area (Å²) in [4.78, 5) is 11.7. The minimum absolute atomic E-state index is 0.218. The highest BCUT2D eigenvalue weighted by atomic mass is 16.3. The second kappa shape index (κ2) is 3.03. The lowest BCUT2D eigenvalue weighted by Gasteiger charge is -1.99. The van der Waals surface area contributed by atoms with Crippen LogP contribution in [-0.4, -0.2) is 9.78 Å². The second-order valence-electron chi connectivity index (χ2n) is 3.47. The van der Waals surface area contributed by atoms with Crippen LogP contribution in [0.15, 0.2) is 45.8 Å². The number of nitrogen functional groups attached to an aromatic ring is 1. The number of fused-ring (bicyclic) bond motifs is 1. The fraction of sp³-hybridized carbons (Fsp3) is 0.